The number of aromatic amines is 1. The Bertz CT molecular complexity index is 592. The third-order valence-electron chi connectivity index (χ3n) is 2.10. The first kappa shape index (κ1) is 12.4. The Morgan fingerprint density at radius 1 is 1.47 bits per heavy atom. The van der Waals surface area contributed by atoms with Crippen molar-refractivity contribution in [2.75, 3.05) is 0 Å². The number of para-hydroxylation sites is 1. The Balaban J connectivity index is 2.42. The topological polar surface area (TPSA) is 55.0 Å². The van der Waals surface area contributed by atoms with Crippen LogP contribution in [-0.2, 0) is 0 Å². The molecule has 0 amide bonds. The monoisotopic (exact) mass is 362 g/mol. The number of rotatable bonds is 2. The molecule has 0 saturated carbocycles. The number of aryl methyl sites for hydroxylation is 1. The van der Waals surface area contributed by atoms with E-state index in [1.165, 1.54) is 6.07 Å². The number of aromatic nitrogens is 2. The smallest absolute Gasteiger partial charge is 0.285 e. The highest BCUT2D eigenvalue weighted by Gasteiger charge is 2.10. The molecule has 4 nitrogen and oxygen atoms in total. The van der Waals surface area contributed by atoms with Crippen molar-refractivity contribution in [3.8, 4) is 11.6 Å². The predicted octanol–water partition coefficient (Wildman–Crippen LogP) is 3.13. The average Bonchev–Trinajstić information content (AvgIpc) is 2.26. The third kappa shape index (κ3) is 2.78. The summed E-state index contributed by atoms with van der Waals surface area (Å²) < 4.78 is 6.42. The molecule has 0 spiro atoms. The lowest BCUT2D eigenvalue weighted by atomic mass is 10.2. The second kappa shape index (κ2) is 5.05. The first-order chi connectivity index (χ1) is 8.08. The van der Waals surface area contributed by atoms with Crippen LogP contribution < -0.4 is 10.2 Å². The van der Waals surface area contributed by atoms with Gasteiger partial charge >= 0.3 is 0 Å². The summed E-state index contributed by atoms with van der Waals surface area (Å²) in [5.74, 6) is 0.620. The fourth-order valence-corrected chi connectivity index (χ4v) is 2.17. The van der Waals surface area contributed by atoms with Crippen LogP contribution in [0.25, 0.3) is 0 Å². The molecule has 1 N–H and O–H groups in total. The van der Waals surface area contributed by atoms with Crippen molar-refractivity contribution in [1.29, 1.82) is 0 Å². The van der Waals surface area contributed by atoms with Gasteiger partial charge in [-0.2, -0.15) is 0 Å². The number of ether oxygens (including phenoxy) is 1. The lowest BCUT2D eigenvalue weighted by molar-refractivity contribution is 0.444. The SMILES string of the molecule is Cc1cccc(I)c1Oc1n[nH]c(Cl)cc1=O. The zero-order valence-corrected chi connectivity index (χ0v) is 11.7. The molecule has 1 aromatic heterocycles. The van der Waals surface area contributed by atoms with Crippen LogP contribution in [0.3, 0.4) is 0 Å². The van der Waals surface area contributed by atoms with E-state index in [2.05, 4.69) is 32.8 Å². The quantitative estimate of drug-likeness (QED) is 0.835. The lowest BCUT2D eigenvalue weighted by Gasteiger charge is -2.08. The van der Waals surface area contributed by atoms with E-state index in [9.17, 15) is 4.79 Å². The highest BCUT2D eigenvalue weighted by molar-refractivity contribution is 14.1. The number of benzene rings is 1. The first-order valence-corrected chi connectivity index (χ1v) is 6.22. The maximum Gasteiger partial charge on any atom is 0.285 e. The number of halogens is 2. The highest BCUT2D eigenvalue weighted by Crippen LogP contribution is 2.27. The van der Waals surface area contributed by atoms with Gasteiger partial charge in [-0.05, 0) is 41.1 Å². The van der Waals surface area contributed by atoms with E-state index in [4.69, 9.17) is 16.3 Å². The Morgan fingerprint density at radius 2 is 2.24 bits per heavy atom. The molecular formula is C11H8ClIN2O2. The van der Waals surface area contributed by atoms with Crippen molar-refractivity contribution in [3.63, 3.8) is 0 Å². The molecule has 0 aliphatic heterocycles. The average molecular weight is 363 g/mol. The molecule has 2 aromatic rings. The van der Waals surface area contributed by atoms with E-state index in [-0.39, 0.29) is 16.5 Å². The Morgan fingerprint density at radius 3 is 2.88 bits per heavy atom. The molecule has 17 heavy (non-hydrogen) atoms. The van der Waals surface area contributed by atoms with Gasteiger partial charge in [0, 0.05) is 6.07 Å². The molecule has 0 bridgehead atoms. The summed E-state index contributed by atoms with van der Waals surface area (Å²) in [6.45, 7) is 1.90. The maximum atomic E-state index is 11.6. The van der Waals surface area contributed by atoms with Crippen LogP contribution in [-0.4, -0.2) is 10.2 Å². The molecule has 0 radical (unpaired) electrons. The minimum atomic E-state index is -0.354. The van der Waals surface area contributed by atoms with Crippen LogP contribution in [0.5, 0.6) is 11.6 Å². The molecule has 0 atom stereocenters. The van der Waals surface area contributed by atoms with Gasteiger partial charge in [0.2, 0.25) is 5.43 Å². The van der Waals surface area contributed by atoms with Crippen LogP contribution in [0.15, 0.2) is 29.1 Å². The molecule has 0 aliphatic rings. The van der Waals surface area contributed by atoms with Crippen molar-refractivity contribution in [3.05, 3.63) is 48.8 Å². The molecule has 0 unspecified atom stereocenters. The Labute approximate surface area is 116 Å². The zero-order valence-electron chi connectivity index (χ0n) is 8.83. The standard InChI is InChI=1S/C11H8ClIN2O2/c1-6-3-2-4-7(13)10(6)17-11-8(16)5-9(12)14-15-11/h2-5H,1H3,(H,14,16). The molecule has 2 rings (SSSR count). The molecule has 0 fully saturated rings. The Kier molecular flexibility index (Phi) is 3.68. The van der Waals surface area contributed by atoms with Gasteiger partial charge in [-0.1, -0.05) is 23.7 Å². The fraction of sp³-hybridized carbons (Fsp3) is 0.0909. The second-order valence-electron chi connectivity index (χ2n) is 3.37. The third-order valence-corrected chi connectivity index (χ3v) is 3.14. The van der Waals surface area contributed by atoms with Gasteiger partial charge in [-0.3, -0.25) is 9.89 Å². The summed E-state index contributed by atoms with van der Waals surface area (Å²) in [5, 5.41) is 6.43. The first-order valence-electron chi connectivity index (χ1n) is 4.76. The van der Waals surface area contributed by atoms with E-state index in [0.29, 0.717) is 5.75 Å². The number of H-pyrrole nitrogens is 1. The van der Waals surface area contributed by atoms with Crippen molar-refractivity contribution < 1.29 is 4.74 Å². The summed E-state index contributed by atoms with van der Waals surface area (Å²) in [6, 6.07) is 6.95. The van der Waals surface area contributed by atoms with Crippen molar-refractivity contribution in [2.24, 2.45) is 0 Å². The lowest BCUT2D eigenvalue weighted by Crippen LogP contribution is -2.08. The zero-order chi connectivity index (χ0) is 12.4. The molecule has 1 heterocycles. The van der Waals surface area contributed by atoms with Crippen LogP contribution in [0.2, 0.25) is 5.15 Å². The normalized spacial score (nSPS) is 10.3. The largest absolute Gasteiger partial charge is 0.433 e. The maximum absolute atomic E-state index is 11.6. The van der Waals surface area contributed by atoms with Gasteiger partial charge in [0.15, 0.2) is 0 Å². The molecule has 0 aliphatic carbocycles. The summed E-state index contributed by atoms with van der Waals surface area (Å²) in [5.41, 5.74) is 0.584. The van der Waals surface area contributed by atoms with Gasteiger partial charge < -0.3 is 4.74 Å². The minimum absolute atomic E-state index is 0.0124. The van der Waals surface area contributed by atoms with Crippen molar-refractivity contribution in [2.45, 2.75) is 6.92 Å². The van der Waals surface area contributed by atoms with E-state index < -0.39 is 0 Å². The number of nitrogens with zero attached hydrogens (tertiary/aromatic N) is 1. The fourth-order valence-electron chi connectivity index (χ4n) is 1.28. The van der Waals surface area contributed by atoms with E-state index in [1.807, 2.05) is 25.1 Å². The van der Waals surface area contributed by atoms with Crippen LogP contribution in [0, 0.1) is 10.5 Å². The number of hydrogen-bond donors (Lipinski definition) is 1. The second-order valence-corrected chi connectivity index (χ2v) is 4.94. The summed E-state index contributed by atoms with van der Waals surface area (Å²) in [6.07, 6.45) is 0. The van der Waals surface area contributed by atoms with Gasteiger partial charge in [-0.25, -0.2) is 0 Å². The van der Waals surface area contributed by atoms with Crippen LogP contribution in [0.4, 0.5) is 0 Å². The summed E-state index contributed by atoms with van der Waals surface area (Å²) >= 11 is 7.75. The van der Waals surface area contributed by atoms with E-state index in [0.717, 1.165) is 9.13 Å². The summed E-state index contributed by atoms with van der Waals surface area (Å²) in [4.78, 5) is 11.6. The van der Waals surface area contributed by atoms with Crippen LogP contribution in [0.1, 0.15) is 5.56 Å². The highest BCUT2D eigenvalue weighted by atomic mass is 127. The summed E-state index contributed by atoms with van der Waals surface area (Å²) in [7, 11) is 0. The van der Waals surface area contributed by atoms with Crippen LogP contribution >= 0.6 is 34.2 Å². The number of nitrogens with one attached hydrogen (secondary N) is 1. The molecule has 6 heteroatoms. The van der Waals surface area contributed by atoms with Gasteiger partial charge in [0.25, 0.3) is 5.88 Å². The van der Waals surface area contributed by atoms with E-state index >= 15 is 0 Å². The molecule has 88 valence electrons. The van der Waals surface area contributed by atoms with Crippen molar-refractivity contribution >= 4 is 34.2 Å². The molecule has 1 aromatic carbocycles. The minimum Gasteiger partial charge on any atom is -0.433 e. The van der Waals surface area contributed by atoms with Gasteiger partial charge in [0.1, 0.15) is 10.9 Å². The van der Waals surface area contributed by atoms with Gasteiger partial charge in [0.05, 0.1) is 3.57 Å². The Hall–Kier alpha value is -1.08. The van der Waals surface area contributed by atoms with Gasteiger partial charge in [-0.15, -0.1) is 5.10 Å². The number of hydrogen-bond acceptors (Lipinski definition) is 3. The van der Waals surface area contributed by atoms with E-state index in [1.54, 1.807) is 0 Å². The molecular weight excluding hydrogens is 354 g/mol. The van der Waals surface area contributed by atoms with Crippen molar-refractivity contribution in [1.82, 2.24) is 10.2 Å². The predicted molar refractivity (Wildman–Crippen MR) is 73.8 cm³/mol. The molecule has 0 saturated heterocycles.